The lowest BCUT2D eigenvalue weighted by Gasteiger charge is -2.29. The van der Waals surface area contributed by atoms with E-state index < -0.39 is 35.8 Å². The highest BCUT2D eigenvalue weighted by Gasteiger charge is 2.58. The molecule has 0 aliphatic heterocycles. The number of carbonyl (C=O) groups is 2. The van der Waals surface area contributed by atoms with E-state index in [4.69, 9.17) is 0 Å². The van der Waals surface area contributed by atoms with Crippen LogP contribution in [0.1, 0.15) is 22.6 Å². The van der Waals surface area contributed by atoms with Gasteiger partial charge in [0, 0.05) is 37.7 Å². The van der Waals surface area contributed by atoms with Gasteiger partial charge >= 0.3 is 6.18 Å². The summed E-state index contributed by atoms with van der Waals surface area (Å²) in [6.07, 6.45) is -4.08. The van der Waals surface area contributed by atoms with Crippen LogP contribution in [-0.2, 0) is 17.4 Å². The molecule has 0 aliphatic carbocycles. The van der Waals surface area contributed by atoms with Crippen molar-refractivity contribution in [1.29, 1.82) is 0 Å². The highest BCUT2D eigenvalue weighted by molar-refractivity contribution is 5.97. The molecule has 1 heterocycles. The van der Waals surface area contributed by atoms with Crippen LogP contribution in [-0.4, -0.2) is 39.7 Å². The minimum atomic E-state index is -5.12. The molecule has 7 nitrogen and oxygen atoms in total. The van der Waals surface area contributed by atoms with Crippen molar-refractivity contribution in [2.45, 2.75) is 18.2 Å². The fraction of sp³-hybridized carbons (Fsp3) is 0.312. The first-order chi connectivity index (χ1) is 12.1. The first kappa shape index (κ1) is 19.4. The second-order valence-corrected chi connectivity index (χ2v) is 5.60. The highest BCUT2D eigenvalue weighted by Crippen LogP contribution is 2.40. The van der Waals surface area contributed by atoms with Crippen molar-refractivity contribution < 1.29 is 27.9 Å². The van der Waals surface area contributed by atoms with Crippen LogP contribution >= 0.6 is 0 Å². The van der Waals surface area contributed by atoms with Gasteiger partial charge in [-0.05, 0) is 18.2 Å². The van der Waals surface area contributed by atoms with Crippen molar-refractivity contribution in [3.8, 4) is 0 Å². The van der Waals surface area contributed by atoms with E-state index in [0.717, 1.165) is 10.8 Å². The maximum Gasteiger partial charge on any atom is 0.425 e. The summed E-state index contributed by atoms with van der Waals surface area (Å²) in [6, 6.07) is 5.67. The molecule has 1 unspecified atom stereocenters. The van der Waals surface area contributed by atoms with Gasteiger partial charge in [-0.2, -0.15) is 13.2 Å². The number of imidazole rings is 1. The maximum absolute atomic E-state index is 13.4. The first-order valence-corrected chi connectivity index (χ1v) is 7.47. The zero-order valence-corrected chi connectivity index (χ0v) is 14.0. The molecule has 140 valence electrons. The van der Waals surface area contributed by atoms with Gasteiger partial charge in [0.2, 0.25) is 11.5 Å². The summed E-state index contributed by atoms with van der Waals surface area (Å²) in [4.78, 5) is 27.2. The van der Waals surface area contributed by atoms with Gasteiger partial charge in [-0.3, -0.25) is 9.59 Å². The molecule has 1 atom stereocenters. The van der Waals surface area contributed by atoms with Crippen LogP contribution in [0.5, 0.6) is 0 Å². The summed E-state index contributed by atoms with van der Waals surface area (Å²) < 4.78 is 41.3. The van der Waals surface area contributed by atoms with Crippen molar-refractivity contribution in [2.24, 2.45) is 7.05 Å². The molecular formula is C16H17F3N4O3. The molecule has 3 N–H and O–H groups in total. The molecule has 0 fully saturated rings. The summed E-state index contributed by atoms with van der Waals surface area (Å²) in [5, 5.41) is 14.8. The van der Waals surface area contributed by atoms with Gasteiger partial charge in [-0.25, -0.2) is 4.98 Å². The summed E-state index contributed by atoms with van der Waals surface area (Å²) in [5.74, 6) is -2.19. The van der Waals surface area contributed by atoms with Crippen LogP contribution in [0.15, 0.2) is 36.7 Å². The Morgan fingerprint density at radius 1 is 1.31 bits per heavy atom. The Hall–Kier alpha value is -2.88. The number of nitrogens with zero attached hydrogens (tertiary/aromatic N) is 2. The van der Waals surface area contributed by atoms with Crippen molar-refractivity contribution in [2.75, 3.05) is 12.4 Å². The lowest BCUT2D eigenvalue weighted by molar-refractivity contribution is -0.270. The molecule has 1 aromatic heterocycles. The first-order valence-electron chi connectivity index (χ1n) is 7.47. The molecule has 0 aliphatic rings. The second kappa shape index (κ2) is 7.16. The molecule has 0 radical (unpaired) electrons. The van der Waals surface area contributed by atoms with E-state index in [9.17, 15) is 27.9 Å². The molecule has 0 bridgehead atoms. The average Bonchev–Trinajstić information content (AvgIpc) is 2.99. The number of anilines is 1. The second-order valence-electron chi connectivity index (χ2n) is 5.60. The zero-order chi connectivity index (χ0) is 19.5. The lowest BCUT2D eigenvalue weighted by Crippen LogP contribution is -2.46. The third kappa shape index (κ3) is 3.85. The number of rotatable bonds is 5. The van der Waals surface area contributed by atoms with Crippen LogP contribution in [0.25, 0.3) is 0 Å². The third-order valence-corrected chi connectivity index (χ3v) is 3.71. The fourth-order valence-corrected chi connectivity index (χ4v) is 2.39. The number of hydrogen-bond acceptors (Lipinski definition) is 4. The van der Waals surface area contributed by atoms with E-state index in [-0.39, 0.29) is 11.3 Å². The number of hydrogen-bond donors (Lipinski definition) is 3. The number of aromatic nitrogens is 2. The van der Waals surface area contributed by atoms with Crippen LogP contribution in [0.2, 0.25) is 0 Å². The zero-order valence-electron chi connectivity index (χ0n) is 14.0. The number of aryl methyl sites for hydroxylation is 1. The summed E-state index contributed by atoms with van der Waals surface area (Å²) in [5.41, 5.74) is -3.10. The predicted octanol–water partition coefficient (Wildman–Crippen LogP) is 1.56. The Morgan fingerprint density at radius 2 is 2.00 bits per heavy atom. The van der Waals surface area contributed by atoms with E-state index in [1.807, 2.05) is 0 Å². The van der Waals surface area contributed by atoms with Gasteiger partial charge in [0.05, 0.1) is 6.42 Å². The largest absolute Gasteiger partial charge is 0.425 e. The third-order valence-electron chi connectivity index (χ3n) is 3.71. The molecule has 1 aromatic carbocycles. The van der Waals surface area contributed by atoms with E-state index in [2.05, 4.69) is 15.6 Å². The standard InChI is InChI=1S/C16H17F3N4O3/c1-20-13(25)10-4-3-5-11(8-10)22-12(24)9-15(26,16(17,18)19)14-21-6-7-23(14)2/h3-8,26H,9H2,1-2H3,(H,20,25)(H,22,24). The van der Waals surface area contributed by atoms with Crippen molar-refractivity contribution >= 4 is 17.5 Å². The SMILES string of the molecule is CNC(=O)c1cccc(NC(=O)CC(O)(c2nccn2C)C(F)(F)F)c1. The number of carbonyl (C=O) groups excluding carboxylic acids is 2. The normalized spacial score (nSPS) is 13.8. The summed E-state index contributed by atoms with van der Waals surface area (Å²) >= 11 is 0. The molecule has 26 heavy (non-hydrogen) atoms. The number of halogens is 3. The van der Waals surface area contributed by atoms with Crippen LogP contribution in [0.3, 0.4) is 0 Å². The van der Waals surface area contributed by atoms with Gasteiger partial charge in [-0.15, -0.1) is 0 Å². The Bertz CT molecular complexity index is 819. The Labute approximate surface area is 146 Å². The Balaban J connectivity index is 2.24. The smallest absolute Gasteiger partial charge is 0.374 e. The minimum Gasteiger partial charge on any atom is -0.374 e. The van der Waals surface area contributed by atoms with Crippen molar-refractivity contribution in [3.05, 3.63) is 48.0 Å². The van der Waals surface area contributed by atoms with Crippen LogP contribution in [0.4, 0.5) is 18.9 Å². The van der Waals surface area contributed by atoms with Crippen molar-refractivity contribution in [1.82, 2.24) is 14.9 Å². The Morgan fingerprint density at radius 3 is 2.54 bits per heavy atom. The van der Waals surface area contributed by atoms with Gasteiger partial charge in [0.1, 0.15) is 0 Å². The molecule has 10 heteroatoms. The van der Waals surface area contributed by atoms with Gasteiger partial charge < -0.3 is 20.3 Å². The van der Waals surface area contributed by atoms with Gasteiger partial charge in [0.15, 0.2) is 5.82 Å². The fourth-order valence-electron chi connectivity index (χ4n) is 2.39. The number of aliphatic hydroxyl groups is 1. The molecule has 0 saturated heterocycles. The van der Waals surface area contributed by atoms with Crippen LogP contribution < -0.4 is 10.6 Å². The van der Waals surface area contributed by atoms with E-state index in [0.29, 0.717) is 0 Å². The monoisotopic (exact) mass is 370 g/mol. The molecule has 2 amide bonds. The molecule has 2 rings (SSSR count). The quantitative estimate of drug-likeness (QED) is 0.744. The lowest BCUT2D eigenvalue weighted by atomic mass is 9.97. The summed E-state index contributed by atoms with van der Waals surface area (Å²) in [6.45, 7) is 0. The average molecular weight is 370 g/mol. The minimum absolute atomic E-state index is 0.125. The predicted molar refractivity (Wildman–Crippen MR) is 86.2 cm³/mol. The van der Waals surface area contributed by atoms with E-state index in [1.54, 1.807) is 0 Å². The van der Waals surface area contributed by atoms with E-state index in [1.165, 1.54) is 44.6 Å². The van der Waals surface area contributed by atoms with Crippen LogP contribution in [0, 0.1) is 0 Å². The molecule has 0 spiro atoms. The number of amides is 2. The van der Waals surface area contributed by atoms with Crippen molar-refractivity contribution in [3.63, 3.8) is 0 Å². The molecule has 2 aromatic rings. The number of benzene rings is 1. The topological polar surface area (TPSA) is 96.2 Å². The van der Waals surface area contributed by atoms with Gasteiger partial charge in [-0.1, -0.05) is 6.07 Å². The van der Waals surface area contributed by atoms with E-state index >= 15 is 0 Å². The maximum atomic E-state index is 13.4. The molecular weight excluding hydrogens is 353 g/mol. The molecule has 0 saturated carbocycles. The Kier molecular flexibility index (Phi) is 5.36. The summed E-state index contributed by atoms with van der Waals surface area (Å²) in [7, 11) is 2.70. The highest BCUT2D eigenvalue weighted by atomic mass is 19.4. The van der Waals surface area contributed by atoms with Gasteiger partial charge in [0.25, 0.3) is 5.91 Å². The number of alkyl halides is 3. The number of nitrogens with one attached hydrogen (secondary N) is 2.